The molecule has 0 spiro atoms. The van der Waals surface area contributed by atoms with Gasteiger partial charge in [-0.15, -0.1) is 0 Å². The van der Waals surface area contributed by atoms with Gasteiger partial charge < -0.3 is 14.8 Å². The molecule has 6 heteroatoms. The van der Waals surface area contributed by atoms with Crippen molar-refractivity contribution in [1.82, 2.24) is 0 Å². The summed E-state index contributed by atoms with van der Waals surface area (Å²) in [5.74, 6) is -0.651. The van der Waals surface area contributed by atoms with Gasteiger partial charge in [-0.1, -0.05) is 13.3 Å². The SMILES string of the molecule is CCCCOC(=O)[C@H](C)Oc1ccc(C(=O)Nc2ccc(F)cc2)cc1. The van der Waals surface area contributed by atoms with E-state index in [1.165, 1.54) is 24.3 Å². The van der Waals surface area contributed by atoms with Crippen LogP contribution in [0.5, 0.6) is 5.75 Å². The van der Waals surface area contributed by atoms with Crippen LogP contribution in [0, 0.1) is 5.82 Å². The Balaban J connectivity index is 1.89. The highest BCUT2D eigenvalue weighted by atomic mass is 19.1. The Labute approximate surface area is 152 Å². The molecule has 0 fully saturated rings. The van der Waals surface area contributed by atoms with Crippen LogP contribution < -0.4 is 10.1 Å². The molecule has 5 nitrogen and oxygen atoms in total. The third-order valence-corrected chi connectivity index (χ3v) is 3.61. The quantitative estimate of drug-likeness (QED) is 0.567. The zero-order valence-electron chi connectivity index (χ0n) is 14.8. The summed E-state index contributed by atoms with van der Waals surface area (Å²) in [6, 6.07) is 11.9. The summed E-state index contributed by atoms with van der Waals surface area (Å²) in [4.78, 5) is 24.0. The van der Waals surface area contributed by atoms with Crippen molar-refractivity contribution in [3.63, 3.8) is 0 Å². The van der Waals surface area contributed by atoms with Crippen LogP contribution in [-0.4, -0.2) is 24.6 Å². The van der Waals surface area contributed by atoms with Crippen LogP contribution in [0.15, 0.2) is 48.5 Å². The van der Waals surface area contributed by atoms with E-state index in [4.69, 9.17) is 9.47 Å². The fourth-order valence-corrected chi connectivity index (χ4v) is 2.11. The Bertz CT molecular complexity index is 728. The second-order valence-electron chi connectivity index (χ2n) is 5.77. The number of rotatable bonds is 8. The molecule has 0 aliphatic rings. The van der Waals surface area contributed by atoms with Gasteiger partial charge in [0.05, 0.1) is 6.61 Å². The number of ether oxygens (including phenoxy) is 2. The van der Waals surface area contributed by atoms with Crippen molar-refractivity contribution in [2.75, 3.05) is 11.9 Å². The minimum atomic E-state index is -0.731. The number of hydrogen-bond donors (Lipinski definition) is 1. The fraction of sp³-hybridized carbons (Fsp3) is 0.300. The normalized spacial score (nSPS) is 11.5. The topological polar surface area (TPSA) is 64.6 Å². The molecule has 0 saturated heterocycles. The van der Waals surface area contributed by atoms with Gasteiger partial charge in [-0.25, -0.2) is 9.18 Å². The summed E-state index contributed by atoms with van der Waals surface area (Å²) < 4.78 is 23.5. The van der Waals surface area contributed by atoms with Crippen LogP contribution >= 0.6 is 0 Å². The van der Waals surface area contributed by atoms with Gasteiger partial charge in [0.15, 0.2) is 6.10 Å². The molecule has 0 aliphatic carbocycles. The average Bonchev–Trinajstić information content (AvgIpc) is 2.64. The van der Waals surface area contributed by atoms with Gasteiger partial charge in [0.2, 0.25) is 0 Å². The predicted octanol–water partition coefficient (Wildman–Crippen LogP) is 4.19. The van der Waals surface area contributed by atoms with Crippen LogP contribution in [0.1, 0.15) is 37.0 Å². The van der Waals surface area contributed by atoms with Gasteiger partial charge in [-0.05, 0) is 61.9 Å². The Morgan fingerprint density at radius 2 is 1.73 bits per heavy atom. The second-order valence-corrected chi connectivity index (χ2v) is 5.77. The van der Waals surface area contributed by atoms with Gasteiger partial charge in [0.25, 0.3) is 5.91 Å². The largest absolute Gasteiger partial charge is 0.479 e. The molecule has 2 aromatic rings. The summed E-state index contributed by atoms with van der Waals surface area (Å²) in [6.45, 7) is 4.01. The lowest BCUT2D eigenvalue weighted by Crippen LogP contribution is -2.26. The molecule has 1 atom stereocenters. The number of nitrogens with one attached hydrogen (secondary N) is 1. The van der Waals surface area contributed by atoms with Crippen LogP contribution in [-0.2, 0) is 9.53 Å². The number of carbonyl (C=O) groups is 2. The monoisotopic (exact) mass is 359 g/mol. The van der Waals surface area contributed by atoms with Crippen LogP contribution in [0.2, 0.25) is 0 Å². The van der Waals surface area contributed by atoms with Crippen molar-refractivity contribution in [1.29, 1.82) is 0 Å². The predicted molar refractivity (Wildman–Crippen MR) is 96.8 cm³/mol. The maximum Gasteiger partial charge on any atom is 0.347 e. The van der Waals surface area contributed by atoms with Gasteiger partial charge in [0, 0.05) is 11.3 Å². The standard InChI is InChI=1S/C20H22FNO4/c1-3-4-13-25-20(24)14(2)26-18-11-5-15(6-12-18)19(23)22-17-9-7-16(21)8-10-17/h5-12,14H,3-4,13H2,1-2H3,(H,22,23)/t14-/m0/s1. The molecule has 1 N–H and O–H groups in total. The third-order valence-electron chi connectivity index (χ3n) is 3.61. The summed E-state index contributed by atoms with van der Waals surface area (Å²) in [7, 11) is 0. The summed E-state index contributed by atoms with van der Waals surface area (Å²) >= 11 is 0. The van der Waals surface area contributed by atoms with E-state index in [9.17, 15) is 14.0 Å². The minimum absolute atomic E-state index is 0.324. The number of unbranched alkanes of at least 4 members (excludes halogenated alkanes) is 1. The zero-order valence-corrected chi connectivity index (χ0v) is 14.8. The van der Waals surface area contributed by atoms with E-state index in [0.29, 0.717) is 23.6 Å². The highest BCUT2D eigenvalue weighted by Crippen LogP contribution is 2.16. The lowest BCUT2D eigenvalue weighted by Gasteiger charge is -2.14. The average molecular weight is 359 g/mol. The number of anilines is 1. The van der Waals surface area contributed by atoms with E-state index in [1.807, 2.05) is 6.92 Å². The van der Waals surface area contributed by atoms with E-state index < -0.39 is 12.1 Å². The van der Waals surface area contributed by atoms with E-state index in [-0.39, 0.29) is 11.7 Å². The van der Waals surface area contributed by atoms with Crippen molar-refractivity contribution in [3.8, 4) is 5.75 Å². The van der Waals surface area contributed by atoms with Crippen LogP contribution in [0.25, 0.3) is 0 Å². The van der Waals surface area contributed by atoms with Crippen molar-refractivity contribution < 1.29 is 23.5 Å². The molecule has 26 heavy (non-hydrogen) atoms. The Kier molecular flexibility index (Phi) is 7.14. The first-order valence-corrected chi connectivity index (χ1v) is 8.50. The summed E-state index contributed by atoms with van der Waals surface area (Å²) in [6.07, 6.45) is 1.03. The molecular weight excluding hydrogens is 337 g/mol. The highest BCUT2D eigenvalue weighted by molar-refractivity contribution is 6.04. The van der Waals surface area contributed by atoms with E-state index in [2.05, 4.69) is 5.32 Å². The second kappa shape index (κ2) is 9.56. The maximum atomic E-state index is 12.9. The van der Waals surface area contributed by atoms with Crippen molar-refractivity contribution in [3.05, 3.63) is 59.9 Å². The number of halogens is 1. The highest BCUT2D eigenvalue weighted by Gasteiger charge is 2.16. The molecule has 0 bridgehead atoms. The zero-order chi connectivity index (χ0) is 18.9. The minimum Gasteiger partial charge on any atom is -0.479 e. The van der Waals surface area contributed by atoms with E-state index >= 15 is 0 Å². The first kappa shape index (κ1) is 19.4. The lowest BCUT2D eigenvalue weighted by atomic mass is 10.2. The van der Waals surface area contributed by atoms with Crippen molar-refractivity contribution in [2.24, 2.45) is 0 Å². The maximum absolute atomic E-state index is 12.9. The van der Waals surface area contributed by atoms with Crippen LogP contribution in [0.4, 0.5) is 10.1 Å². The van der Waals surface area contributed by atoms with Crippen LogP contribution in [0.3, 0.4) is 0 Å². The van der Waals surface area contributed by atoms with Gasteiger partial charge >= 0.3 is 5.97 Å². The van der Waals surface area contributed by atoms with Crippen molar-refractivity contribution in [2.45, 2.75) is 32.8 Å². The number of carbonyl (C=O) groups excluding carboxylic acids is 2. The molecule has 0 radical (unpaired) electrons. The number of hydrogen-bond acceptors (Lipinski definition) is 4. The summed E-state index contributed by atoms with van der Waals surface area (Å²) in [5.41, 5.74) is 0.917. The molecular formula is C20H22FNO4. The Morgan fingerprint density at radius 3 is 2.35 bits per heavy atom. The van der Waals surface area contributed by atoms with Gasteiger partial charge in [-0.3, -0.25) is 4.79 Å². The van der Waals surface area contributed by atoms with Gasteiger partial charge in [-0.2, -0.15) is 0 Å². The first-order chi connectivity index (χ1) is 12.5. The molecule has 0 saturated carbocycles. The van der Waals surface area contributed by atoms with E-state index in [0.717, 1.165) is 12.8 Å². The third kappa shape index (κ3) is 5.88. The van der Waals surface area contributed by atoms with Crippen molar-refractivity contribution >= 4 is 17.6 Å². The smallest absolute Gasteiger partial charge is 0.347 e. The molecule has 0 heterocycles. The molecule has 0 aliphatic heterocycles. The molecule has 0 aromatic heterocycles. The molecule has 2 aromatic carbocycles. The molecule has 0 unspecified atom stereocenters. The molecule has 138 valence electrons. The molecule has 1 amide bonds. The first-order valence-electron chi connectivity index (χ1n) is 8.50. The number of amides is 1. The fourth-order valence-electron chi connectivity index (χ4n) is 2.11. The van der Waals surface area contributed by atoms with E-state index in [1.54, 1.807) is 31.2 Å². The van der Waals surface area contributed by atoms with Gasteiger partial charge in [0.1, 0.15) is 11.6 Å². The number of esters is 1. The lowest BCUT2D eigenvalue weighted by molar-refractivity contribution is -0.151. The molecule has 2 rings (SSSR count). The number of benzene rings is 2. The summed E-state index contributed by atoms with van der Waals surface area (Å²) in [5, 5.41) is 2.67. The Morgan fingerprint density at radius 1 is 1.08 bits per heavy atom. The Hall–Kier alpha value is -2.89.